The normalized spacial score (nSPS) is 33.5. The summed E-state index contributed by atoms with van der Waals surface area (Å²) >= 11 is 0. The van der Waals surface area contributed by atoms with Gasteiger partial charge < -0.3 is 5.01 Å². The minimum absolute atomic E-state index is 0.504. The zero-order chi connectivity index (χ0) is 10.9. The van der Waals surface area contributed by atoms with Gasteiger partial charge in [0.05, 0.1) is 5.71 Å². The first-order valence-electron chi connectivity index (χ1n) is 6.06. The molecule has 0 spiro atoms. The molecule has 1 saturated carbocycles. The molecule has 0 saturated heterocycles. The lowest BCUT2D eigenvalue weighted by Crippen LogP contribution is -2.28. The van der Waals surface area contributed by atoms with Crippen LogP contribution in [0.3, 0.4) is 0 Å². The van der Waals surface area contributed by atoms with Crippen LogP contribution in [0, 0.1) is 5.41 Å². The molecule has 0 unspecified atom stereocenters. The number of nitrogens with zero attached hydrogens (tertiary/aromatic N) is 2. The first-order chi connectivity index (χ1) is 7.10. The van der Waals surface area contributed by atoms with E-state index >= 15 is 0 Å². The summed E-state index contributed by atoms with van der Waals surface area (Å²) in [5.41, 5.74) is 3.43. The van der Waals surface area contributed by atoms with Crippen molar-refractivity contribution in [3.8, 4) is 0 Å². The lowest BCUT2D eigenvalue weighted by atomic mass is 9.66. The van der Waals surface area contributed by atoms with Crippen LogP contribution in [-0.2, 0) is 0 Å². The molecule has 2 heteroatoms. The molecule has 2 aliphatic carbocycles. The second kappa shape index (κ2) is 3.99. The second-order valence-corrected chi connectivity index (χ2v) is 5.38. The van der Waals surface area contributed by atoms with Gasteiger partial charge in [0.15, 0.2) is 0 Å². The summed E-state index contributed by atoms with van der Waals surface area (Å²) in [6.45, 7) is 2.43. The van der Waals surface area contributed by atoms with Crippen molar-refractivity contribution >= 4 is 5.71 Å². The Morgan fingerprint density at radius 2 is 2.00 bits per heavy atom. The molecule has 0 aliphatic heterocycles. The molecule has 84 valence electrons. The Morgan fingerprint density at radius 1 is 1.20 bits per heavy atom. The van der Waals surface area contributed by atoms with Gasteiger partial charge in [-0.05, 0) is 43.6 Å². The topological polar surface area (TPSA) is 15.6 Å². The summed E-state index contributed by atoms with van der Waals surface area (Å²) < 4.78 is 0. The Balaban J connectivity index is 2.22. The average Bonchev–Trinajstić information content (AvgIpc) is 2.17. The van der Waals surface area contributed by atoms with Crippen LogP contribution in [0.1, 0.15) is 45.4 Å². The van der Waals surface area contributed by atoms with Gasteiger partial charge in [0, 0.05) is 14.1 Å². The van der Waals surface area contributed by atoms with Crippen LogP contribution >= 0.6 is 0 Å². The van der Waals surface area contributed by atoms with Crippen molar-refractivity contribution in [3.63, 3.8) is 0 Å². The highest BCUT2D eigenvalue weighted by Gasteiger charge is 2.34. The van der Waals surface area contributed by atoms with E-state index in [1.807, 2.05) is 19.1 Å². The molecule has 1 fully saturated rings. The van der Waals surface area contributed by atoms with Crippen molar-refractivity contribution in [1.82, 2.24) is 5.01 Å². The SMILES string of the molecule is CN(C)/N=C1/C=C2CCCC[C@@]2(C)CC1. The molecular formula is C13H22N2. The number of hydrogen-bond acceptors (Lipinski definition) is 2. The van der Waals surface area contributed by atoms with E-state index in [1.54, 1.807) is 5.57 Å². The van der Waals surface area contributed by atoms with Crippen molar-refractivity contribution in [2.24, 2.45) is 10.5 Å². The van der Waals surface area contributed by atoms with Crippen LogP contribution in [0.2, 0.25) is 0 Å². The van der Waals surface area contributed by atoms with Crippen molar-refractivity contribution in [2.75, 3.05) is 14.1 Å². The van der Waals surface area contributed by atoms with Gasteiger partial charge in [-0.2, -0.15) is 5.10 Å². The quantitative estimate of drug-likeness (QED) is 0.601. The van der Waals surface area contributed by atoms with Crippen molar-refractivity contribution in [1.29, 1.82) is 0 Å². The highest BCUT2D eigenvalue weighted by atomic mass is 15.4. The smallest absolute Gasteiger partial charge is 0.0605 e. The lowest BCUT2D eigenvalue weighted by molar-refractivity contribution is 0.280. The Bertz CT molecular complexity index is 302. The predicted octanol–water partition coefficient (Wildman–Crippen LogP) is 3.20. The van der Waals surface area contributed by atoms with Crippen molar-refractivity contribution in [3.05, 3.63) is 11.6 Å². The number of allylic oxidation sites excluding steroid dienone is 2. The largest absolute Gasteiger partial charge is 0.303 e. The minimum atomic E-state index is 0.504. The third kappa shape index (κ3) is 2.24. The van der Waals surface area contributed by atoms with Gasteiger partial charge in [-0.15, -0.1) is 0 Å². The Kier molecular flexibility index (Phi) is 2.85. The molecule has 2 aliphatic rings. The first kappa shape index (κ1) is 10.7. The molecule has 0 amide bonds. The van der Waals surface area contributed by atoms with Crippen LogP contribution in [0.4, 0.5) is 0 Å². The van der Waals surface area contributed by atoms with E-state index < -0.39 is 0 Å². The Hall–Kier alpha value is -0.790. The van der Waals surface area contributed by atoms with E-state index in [-0.39, 0.29) is 0 Å². The Labute approximate surface area is 93.0 Å². The summed E-state index contributed by atoms with van der Waals surface area (Å²) in [5.74, 6) is 0. The summed E-state index contributed by atoms with van der Waals surface area (Å²) in [4.78, 5) is 0. The Morgan fingerprint density at radius 3 is 2.73 bits per heavy atom. The molecule has 0 aromatic carbocycles. The molecular weight excluding hydrogens is 184 g/mol. The second-order valence-electron chi connectivity index (χ2n) is 5.38. The van der Waals surface area contributed by atoms with Crippen molar-refractivity contribution in [2.45, 2.75) is 45.4 Å². The molecule has 0 bridgehead atoms. The average molecular weight is 206 g/mol. The summed E-state index contributed by atoms with van der Waals surface area (Å²) in [7, 11) is 4.00. The molecule has 0 heterocycles. The standard InChI is InChI=1S/C13H22N2/c1-13-8-5-4-6-11(13)10-12(7-9-13)14-15(2)3/h10H,4-9H2,1-3H3/b14-12+/t13-/m0/s1. The van der Waals surface area contributed by atoms with Gasteiger partial charge in [0.1, 0.15) is 0 Å². The summed E-state index contributed by atoms with van der Waals surface area (Å²) in [6, 6.07) is 0. The molecule has 0 aromatic rings. The van der Waals surface area contributed by atoms with E-state index in [1.165, 1.54) is 37.8 Å². The molecule has 2 rings (SSSR count). The van der Waals surface area contributed by atoms with Gasteiger partial charge in [-0.25, -0.2) is 0 Å². The van der Waals surface area contributed by atoms with E-state index in [9.17, 15) is 0 Å². The van der Waals surface area contributed by atoms with Gasteiger partial charge in [0.25, 0.3) is 0 Å². The third-order valence-electron chi connectivity index (χ3n) is 3.80. The molecule has 15 heavy (non-hydrogen) atoms. The fourth-order valence-corrected chi connectivity index (χ4v) is 2.84. The zero-order valence-electron chi connectivity index (χ0n) is 10.2. The fourth-order valence-electron chi connectivity index (χ4n) is 2.84. The summed E-state index contributed by atoms with van der Waals surface area (Å²) in [5, 5.41) is 6.45. The van der Waals surface area contributed by atoms with E-state index in [4.69, 9.17) is 0 Å². The van der Waals surface area contributed by atoms with Crippen LogP contribution in [-0.4, -0.2) is 24.8 Å². The van der Waals surface area contributed by atoms with Crippen molar-refractivity contribution < 1.29 is 0 Å². The number of fused-ring (bicyclic) bond motifs is 1. The minimum Gasteiger partial charge on any atom is -0.303 e. The maximum Gasteiger partial charge on any atom is 0.0605 e. The van der Waals surface area contributed by atoms with Gasteiger partial charge >= 0.3 is 0 Å². The fraction of sp³-hybridized carbons (Fsp3) is 0.769. The van der Waals surface area contributed by atoms with Gasteiger partial charge in [-0.3, -0.25) is 0 Å². The van der Waals surface area contributed by atoms with E-state index in [0.717, 1.165) is 6.42 Å². The maximum absolute atomic E-state index is 4.53. The van der Waals surface area contributed by atoms with Crippen LogP contribution in [0.25, 0.3) is 0 Å². The molecule has 0 radical (unpaired) electrons. The molecule has 0 aromatic heterocycles. The van der Waals surface area contributed by atoms with E-state index in [2.05, 4.69) is 18.1 Å². The zero-order valence-corrected chi connectivity index (χ0v) is 10.2. The lowest BCUT2D eigenvalue weighted by Gasteiger charge is -2.39. The number of rotatable bonds is 1. The van der Waals surface area contributed by atoms with E-state index in [0.29, 0.717) is 5.41 Å². The van der Waals surface area contributed by atoms with Gasteiger partial charge in [0.2, 0.25) is 0 Å². The number of hydrogen-bond donors (Lipinski definition) is 0. The third-order valence-corrected chi connectivity index (χ3v) is 3.80. The number of hydrazone groups is 1. The highest BCUT2D eigenvalue weighted by Crippen LogP contribution is 2.46. The molecule has 0 N–H and O–H groups in total. The van der Waals surface area contributed by atoms with Crippen LogP contribution in [0.15, 0.2) is 16.8 Å². The maximum atomic E-state index is 4.53. The molecule has 1 atom stereocenters. The van der Waals surface area contributed by atoms with Crippen LogP contribution in [0.5, 0.6) is 0 Å². The first-order valence-corrected chi connectivity index (χ1v) is 6.06. The molecule has 2 nitrogen and oxygen atoms in total. The van der Waals surface area contributed by atoms with Gasteiger partial charge in [-0.1, -0.05) is 18.9 Å². The monoisotopic (exact) mass is 206 g/mol. The highest BCUT2D eigenvalue weighted by molar-refractivity contribution is 5.96. The summed E-state index contributed by atoms with van der Waals surface area (Å²) in [6.07, 6.45) is 10.3. The predicted molar refractivity (Wildman–Crippen MR) is 65.0 cm³/mol. The van der Waals surface area contributed by atoms with Crippen LogP contribution < -0.4 is 0 Å².